The molecule has 1 heterocycles. The third-order valence-electron chi connectivity index (χ3n) is 6.33. The molecule has 0 saturated carbocycles. The van der Waals surface area contributed by atoms with Crippen LogP contribution in [0.5, 0.6) is 28.7 Å². The molecule has 1 saturated heterocycles. The predicted octanol–water partition coefficient (Wildman–Crippen LogP) is 4.79. The van der Waals surface area contributed by atoms with Gasteiger partial charge in [0.15, 0.2) is 23.0 Å². The molecule has 3 rings (SSSR count). The first kappa shape index (κ1) is 27.2. The minimum atomic E-state index is -0.332. The van der Waals surface area contributed by atoms with Gasteiger partial charge in [-0.25, -0.2) is 0 Å². The Hall–Kier alpha value is -3.39. The van der Waals surface area contributed by atoms with Crippen molar-refractivity contribution in [3.63, 3.8) is 0 Å². The molecular weight excluding hydrogens is 464 g/mol. The number of esters is 1. The van der Waals surface area contributed by atoms with Crippen molar-refractivity contribution >= 4 is 5.97 Å². The lowest BCUT2D eigenvalue weighted by atomic mass is 9.84. The van der Waals surface area contributed by atoms with Gasteiger partial charge in [-0.2, -0.15) is 0 Å². The SMILES string of the molecule is C=C(C)CC(=O)OC[C@H]1[C@@H](Cc2ccc(OC)c(OC)c2)CO[C@@H]1c1cc(OC)c(OC)c(OC)c1. The van der Waals surface area contributed by atoms with Crippen molar-refractivity contribution < 1.29 is 38.0 Å². The molecule has 8 heteroatoms. The van der Waals surface area contributed by atoms with Crippen molar-refractivity contribution in [2.75, 3.05) is 48.8 Å². The number of ether oxygens (including phenoxy) is 7. The zero-order valence-corrected chi connectivity index (χ0v) is 21.9. The van der Waals surface area contributed by atoms with Crippen LogP contribution in [0.1, 0.15) is 30.6 Å². The Balaban J connectivity index is 1.92. The number of methoxy groups -OCH3 is 5. The first-order valence-electron chi connectivity index (χ1n) is 11.8. The van der Waals surface area contributed by atoms with Gasteiger partial charge in [0.05, 0.1) is 61.3 Å². The van der Waals surface area contributed by atoms with Gasteiger partial charge >= 0.3 is 5.97 Å². The summed E-state index contributed by atoms with van der Waals surface area (Å²) in [7, 11) is 7.94. The summed E-state index contributed by atoms with van der Waals surface area (Å²) in [6.07, 6.45) is 0.564. The second-order valence-corrected chi connectivity index (χ2v) is 8.85. The molecule has 1 aliphatic heterocycles. The average Bonchev–Trinajstić information content (AvgIpc) is 3.27. The summed E-state index contributed by atoms with van der Waals surface area (Å²) < 4.78 is 39.4. The molecule has 36 heavy (non-hydrogen) atoms. The highest BCUT2D eigenvalue weighted by atomic mass is 16.5. The van der Waals surface area contributed by atoms with Crippen LogP contribution in [0.25, 0.3) is 0 Å². The average molecular weight is 501 g/mol. The molecule has 0 N–H and O–H groups in total. The predicted molar refractivity (Wildman–Crippen MR) is 135 cm³/mol. The van der Waals surface area contributed by atoms with E-state index in [0.29, 0.717) is 41.8 Å². The molecule has 8 nitrogen and oxygen atoms in total. The number of carbonyl (C=O) groups excluding carboxylic acids is 1. The Morgan fingerprint density at radius 2 is 1.56 bits per heavy atom. The van der Waals surface area contributed by atoms with Crippen LogP contribution in [0.4, 0.5) is 0 Å². The van der Waals surface area contributed by atoms with E-state index < -0.39 is 0 Å². The second kappa shape index (κ2) is 12.5. The summed E-state index contributed by atoms with van der Waals surface area (Å²) in [5.41, 5.74) is 2.69. The fraction of sp³-hybridized carbons (Fsp3) is 0.464. The van der Waals surface area contributed by atoms with Gasteiger partial charge in [0, 0.05) is 5.92 Å². The molecule has 196 valence electrons. The van der Waals surface area contributed by atoms with Crippen molar-refractivity contribution in [2.45, 2.75) is 25.9 Å². The zero-order valence-electron chi connectivity index (χ0n) is 21.9. The first-order valence-corrected chi connectivity index (χ1v) is 11.8. The molecule has 0 aromatic heterocycles. The van der Waals surface area contributed by atoms with Crippen LogP contribution >= 0.6 is 0 Å². The van der Waals surface area contributed by atoms with E-state index in [1.165, 1.54) is 0 Å². The van der Waals surface area contributed by atoms with Crippen LogP contribution < -0.4 is 23.7 Å². The molecule has 2 aromatic rings. The highest BCUT2D eigenvalue weighted by molar-refractivity contribution is 5.72. The standard InChI is InChI=1S/C28H36O8/c1-17(2)10-26(29)35-16-21-20(11-18-8-9-22(30-3)23(12-18)31-4)15-36-27(21)19-13-24(32-5)28(34-7)25(14-19)33-6/h8-9,12-14,20-21,27H,1,10-11,15-16H2,2-7H3/t20-,21-,27+/m0/s1. The normalized spacial score (nSPS) is 18.9. The molecular formula is C28H36O8. The van der Waals surface area contributed by atoms with Gasteiger partial charge < -0.3 is 33.2 Å². The molecule has 0 radical (unpaired) electrons. The molecule has 1 fully saturated rings. The molecule has 2 aromatic carbocycles. The van der Waals surface area contributed by atoms with Gasteiger partial charge in [-0.15, -0.1) is 0 Å². The smallest absolute Gasteiger partial charge is 0.309 e. The van der Waals surface area contributed by atoms with E-state index in [-0.39, 0.29) is 36.9 Å². The number of benzene rings is 2. The number of rotatable bonds is 12. The third kappa shape index (κ3) is 6.23. The lowest BCUT2D eigenvalue weighted by Gasteiger charge is -2.24. The van der Waals surface area contributed by atoms with Crippen LogP contribution in [-0.2, 0) is 20.7 Å². The quantitative estimate of drug-likeness (QED) is 0.304. The van der Waals surface area contributed by atoms with E-state index >= 15 is 0 Å². The van der Waals surface area contributed by atoms with Crippen molar-refractivity contribution in [1.29, 1.82) is 0 Å². The van der Waals surface area contributed by atoms with Crippen LogP contribution in [0, 0.1) is 11.8 Å². The summed E-state index contributed by atoms with van der Waals surface area (Å²) in [6, 6.07) is 9.64. The number of hydrogen-bond acceptors (Lipinski definition) is 8. The monoisotopic (exact) mass is 500 g/mol. The second-order valence-electron chi connectivity index (χ2n) is 8.85. The van der Waals surface area contributed by atoms with Gasteiger partial charge in [-0.3, -0.25) is 4.79 Å². The molecule has 3 atom stereocenters. The summed E-state index contributed by atoms with van der Waals surface area (Å²) >= 11 is 0. The summed E-state index contributed by atoms with van der Waals surface area (Å²) in [5.74, 6) is 2.61. The maximum absolute atomic E-state index is 12.3. The van der Waals surface area contributed by atoms with Crippen LogP contribution in [0.2, 0.25) is 0 Å². The van der Waals surface area contributed by atoms with Gasteiger partial charge in [-0.05, 0) is 54.7 Å². The molecule has 0 aliphatic carbocycles. The van der Waals surface area contributed by atoms with Gasteiger partial charge in [0.1, 0.15) is 0 Å². The van der Waals surface area contributed by atoms with E-state index in [9.17, 15) is 4.79 Å². The fourth-order valence-corrected chi connectivity index (χ4v) is 4.56. The van der Waals surface area contributed by atoms with Gasteiger partial charge in [0.2, 0.25) is 5.75 Å². The maximum atomic E-state index is 12.3. The Labute approximate surface area is 213 Å². The van der Waals surface area contributed by atoms with Crippen LogP contribution in [0.15, 0.2) is 42.5 Å². The molecule has 0 spiro atoms. The van der Waals surface area contributed by atoms with Crippen molar-refractivity contribution in [1.82, 2.24) is 0 Å². The van der Waals surface area contributed by atoms with Crippen LogP contribution in [-0.4, -0.2) is 54.7 Å². The van der Waals surface area contributed by atoms with Crippen molar-refractivity contribution in [3.05, 3.63) is 53.6 Å². The molecule has 0 amide bonds. The van der Waals surface area contributed by atoms with Gasteiger partial charge in [-0.1, -0.05) is 18.2 Å². The third-order valence-corrected chi connectivity index (χ3v) is 6.33. The minimum Gasteiger partial charge on any atom is -0.493 e. The summed E-state index contributed by atoms with van der Waals surface area (Å²) in [6.45, 7) is 6.32. The largest absolute Gasteiger partial charge is 0.493 e. The highest BCUT2D eigenvalue weighted by Crippen LogP contribution is 2.46. The van der Waals surface area contributed by atoms with E-state index in [0.717, 1.165) is 16.7 Å². The Bertz CT molecular complexity index is 1040. The lowest BCUT2D eigenvalue weighted by molar-refractivity contribution is -0.145. The fourth-order valence-electron chi connectivity index (χ4n) is 4.56. The van der Waals surface area contributed by atoms with Crippen molar-refractivity contribution in [2.24, 2.45) is 11.8 Å². The van der Waals surface area contributed by atoms with E-state index in [4.69, 9.17) is 33.2 Å². The van der Waals surface area contributed by atoms with Crippen molar-refractivity contribution in [3.8, 4) is 28.7 Å². The molecule has 0 bridgehead atoms. The Kier molecular flexibility index (Phi) is 9.47. The Morgan fingerprint density at radius 3 is 2.11 bits per heavy atom. The topological polar surface area (TPSA) is 81.7 Å². The molecule has 0 unspecified atom stereocenters. The molecule has 1 aliphatic rings. The highest BCUT2D eigenvalue weighted by Gasteiger charge is 2.40. The number of hydrogen-bond donors (Lipinski definition) is 0. The van der Waals surface area contributed by atoms with Gasteiger partial charge in [0.25, 0.3) is 0 Å². The Morgan fingerprint density at radius 1 is 0.917 bits per heavy atom. The number of carbonyl (C=O) groups is 1. The summed E-state index contributed by atoms with van der Waals surface area (Å²) in [4.78, 5) is 12.3. The zero-order chi connectivity index (χ0) is 26.2. The summed E-state index contributed by atoms with van der Waals surface area (Å²) in [5, 5.41) is 0. The van der Waals surface area contributed by atoms with E-state index in [1.54, 1.807) is 42.5 Å². The van der Waals surface area contributed by atoms with E-state index in [2.05, 4.69) is 6.58 Å². The van der Waals surface area contributed by atoms with Crippen LogP contribution in [0.3, 0.4) is 0 Å². The lowest BCUT2D eigenvalue weighted by Crippen LogP contribution is -2.24. The minimum absolute atomic E-state index is 0.0878. The first-order chi connectivity index (χ1) is 17.3. The maximum Gasteiger partial charge on any atom is 0.309 e. The van der Waals surface area contributed by atoms with E-state index in [1.807, 2.05) is 30.3 Å².